The first-order valence-corrected chi connectivity index (χ1v) is 8.60. The summed E-state index contributed by atoms with van der Waals surface area (Å²) in [6.45, 7) is 0. The van der Waals surface area contributed by atoms with Crippen molar-refractivity contribution >= 4 is 51.9 Å². The molecule has 6 nitrogen and oxygen atoms in total. The molecular weight excluding hydrogens is 341 g/mol. The molecule has 0 saturated carbocycles. The van der Waals surface area contributed by atoms with Crippen LogP contribution in [0.1, 0.15) is 6.42 Å². The van der Waals surface area contributed by atoms with Crippen LogP contribution < -0.4 is 40.4 Å². The molecule has 2 aliphatic heterocycles. The van der Waals surface area contributed by atoms with Gasteiger partial charge < -0.3 is 15.6 Å². The van der Waals surface area contributed by atoms with Gasteiger partial charge in [0.2, 0.25) is 5.91 Å². The van der Waals surface area contributed by atoms with E-state index in [9.17, 15) is 14.7 Å². The van der Waals surface area contributed by atoms with Crippen molar-refractivity contribution in [2.45, 2.75) is 22.1 Å². The Hall–Kier alpha value is -0.190. The van der Waals surface area contributed by atoms with Gasteiger partial charge in [-0.2, -0.15) is 0 Å². The Balaban J connectivity index is 0.00000161. The molecule has 0 aromatic carbocycles. The first-order chi connectivity index (χ1) is 9.54. The number of nitrogen functional groups attached to an aromatic ring is 1. The van der Waals surface area contributed by atoms with Gasteiger partial charge in [0.05, 0.1) is 23.5 Å². The smallest absolute Gasteiger partial charge is 0.543 e. The van der Waals surface area contributed by atoms with Crippen molar-refractivity contribution in [1.82, 2.24) is 9.88 Å². The van der Waals surface area contributed by atoms with Gasteiger partial charge in [-0.05, 0) is 6.08 Å². The molecule has 2 atom stereocenters. The zero-order valence-corrected chi connectivity index (χ0v) is 15.6. The number of hydrogen-bond donors (Lipinski definition) is 1. The average molecular weight is 351 g/mol. The largest absolute Gasteiger partial charge is 1.00 e. The van der Waals surface area contributed by atoms with Crippen molar-refractivity contribution in [2.75, 3.05) is 11.5 Å². The minimum absolute atomic E-state index is 0. The van der Waals surface area contributed by atoms with E-state index in [0.717, 1.165) is 5.03 Å². The van der Waals surface area contributed by atoms with Crippen molar-refractivity contribution < 1.29 is 44.3 Å². The number of thioether (sulfide) groups is 2. The van der Waals surface area contributed by atoms with E-state index in [1.54, 1.807) is 17.8 Å². The number of carboxylic acid groups (broad SMARTS) is 1. The van der Waals surface area contributed by atoms with Crippen LogP contribution in [-0.2, 0) is 9.59 Å². The minimum atomic E-state index is -1.30. The molecule has 0 spiro atoms. The Morgan fingerprint density at radius 2 is 2.38 bits per heavy atom. The number of carboxylic acids is 1. The Labute approximate surface area is 155 Å². The van der Waals surface area contributed by atoms with E-state index < -0.39 is 5.97 Å². The number of carbonyl (C=O) groups is 2. The van der Waals surface area contributed by atoms with Crippen LogP contribution in [0.15, 0.2) is 22.2 Å². The van der Waals surface area contributed by atoms with E-state index >= 15 is 0 Å². The summed E-state index contributed by atoms with van der Waals surface area (Å²) < 4.78 is 0. The van der Waals surface area contributed by atoms with Crippen LogP contribution in [0, 0.1) is 0 Å². The molecule has 21 heavy (non-hydrogen) atoms. The molecule has 0 aliphatic carbocycles. The third-order valence-corrected chi connectivity index (χ3v) is 6.36. The molecule has 1 aromatic rings. The summed E-state index contributed by atoms with van der Waals surface area (Å²) in [6.07, 6.45) is 1.98. The van der Waals surface area contributed by atoms with Crippen molar-refractivity contribution in [3.63, 3.8) is 0 Å². The second-order valence-electron chi connectivity index (χ2n) is 4.27. The number of aliphatic carboxylic acids is 1. The molecule has 0 bridgehead atoms. The van der Waals surface area contributed by atoms with Gasteiger partial charge in [-0.1, -0.05) is 0 Å². The van der Waals surface area contributed by atoms with Crippen LogP contribution in [0.2, 0.25) is 0 Å². The molecule has 1 amide bonds. The molecule has 1 fully saturated rings. The molecule has 3 rings (SSSR count). The maximum Gasteiger partial charge on any atom is 1.00 e. The Morgan fingerprint density at radius 1 is 1.62 bits per heavy atom. The number of rotatable bonds is 4. The normalized spacial score (nSPS) is 23.7. The van der Waals surface area contributed by atoms with Gasteiger partial charge in [0.1, 0.15) is 5.03 Å². The number of anilines is 1. The summed E-state index contributed by atoms with van der Waals surface area (Å²) in [5, 5.41) is 14.3. The van der Waals surface area contributed by atoms with Crippen LogP contribution in [-0.4, -0.2) is 38.1 Å². The molecule has 1 saturated heterocycles. The molecule has 2 N–H and O–H groups in total. The van der Waals surface area contributed by atoms with E-state index in [4.69, 9.17) is 5.73 Å². The Morgan fingerprint density at radius 3 is 2.95 bits per heavy atom. The molecule has 2 aliphatic rings. The maximum atomic E-state index is 11.4. The number of amides is 1. The van der Waals surface area contributed by atoms with Gasteiger partial charge in [0.25, 0.3) is 0 Å². The van der Waals surface area contributed by atoms with Gasteiger partial charge in [-0.3, -0.25) is 9.69 Å². The summed E-state index contributed by atoms with van der Waals surface area (Å²) in [6, 6.07) is 0. The van der Waals surface area contributed by atoms with E-state index in [2.05, 4.69) is 4.98 Å². The van der Waals surface area contributed by atoms with Crippen molar-refractivity contribution in [3.05, 3.63) is 17.2 Å². The third-order valence-electron chi connectivity index (χ3n) is 2.95. The first-order valence-electron chi connectivity index (χ1n) is 5.79. The van der Waals surface area contributed by atoms with Crippen LogP contribution in [0.25, 0.3) is 0 Å². The van der Waals surface area contributed by atoms with Gasteiger partial charge in [0, 0.05) is 16.4 Å². The SMILES string of the molecule is Nc1nc(SCC2C=C(C(=O)[O-])N3C(=O)C[C@@H]3S2)cs1.[Na+]. The quantitative estimate of drug-likeness (QED) is 0.354. The molecule has 1 aromatic heterocycles. The fraction of sp³-hybridized carbons (Fsp3) is 0.364. The Bertz CT molecular complexity index is 607. The van der Waals surface area contributed by atoms with Crippen molar-refractivity contribution in [1.29, 1.82) is 0 Å². The number of nitrogens with two attached hydrogens (primary N) is 1. The van der Waals surface area contributed by atoms with Gasteiger partial charge in [-0.25, -0.2) is 4.98 Å². The van der Waals surface area contributed by atoms with Crippen molar-refractivity contribution in [2.24, 2.45) is 0 Å². The summed E-state index contributed by atoms with van der Waals surface area (Å²) in [5.74, 6) is -0.768. The molecule has 3 heterocycles. The number of nitrogens with zero attached hydrogens (tertiary/aromatic N) is 2. The van der Waals surface area contributed by atoms with Crippen molar-refractivity contribution in [3.8, 4) is 0 Å². The second-order valence-corrected chi connectivity index (χ2v) is 7.62. The van der Waals surface area contributed by atoms with Gasteiger partial charge in [-0.15, -0.1) is 34.9 Å². The fourth-order valence-electron chi connectivity index (χ4n) is 2.04. The van der Waals surface area contributed by atoms with E-state index in [1.165, 1.54) is 28.0 Å². The number of fused-ring (bicyclic) bond motifs is 1. The molecule has 106 valence electrons. The number of aromatic nitrogens is 1. The van der Waals surface area contributed by atoms with E-state index in [-0.39, 0.29) is 51.8 Å². The monoisotopic (exact) mass is 351 g/mol. The standard InChI is InChI=1S/C11H11N3O3S3.Na/c12-11-13-7(4-19-11)18-3-5-1-6(10(16)17)14-8(15)2-9(14)20-5;/h1,4-5,9H,2-3H2,(H2,12,13)(H,16,17);/q;+1/p-1/t5?,9-;/m0./s1. The fourth-order valence-corrected chi connectivity index (χ4v) is 5.26. The molecule has 10 heteroatoms. The van der Waals surface area contributed by atoms with Gasteiger partial charge in [0.15, 0.2) is 5.13 Å². The minimum Gasteiger partial charge on any atom is -0.543 e. The topological polar surface area (TPSA) is 99.3 Å². The molecule has 1 unspecified atom stereocenters. The summed E-state index contributed by atoms with van der Waals surface area (Å²) in [7, 11) is 0. The number of carbonyl (C=O) groups excluding carboxylic acids is 2. The zero-order chi connectivity index (χ0) is 14.3. The van der Waals surface area contributed by atoms with Crippen LogP contribution in [0.4, 0.5) is 5.13 Å². The van der Waals surface area contributed by atoms with Gasteiger partial charge >= 0.3 is 29.6 Å². The summed E-state index contributed by atoms with van der Waals surface area (Å²) >= 11 is 4.50. The number of thiazole rings is 1. The number of β-lactam (4-membered cyclic amide) rings is 1. The maximum absolute atomic E-state index is 11.4. The predicted molar refractivity (Wildman–Crippen MR) is 77.0 cm³/mol. The predicted octanol–water partition coefficient (Wildman–Crippen LogP) is -2.87. The van der Waals surface area contributed by atoms with Crippen LogP contribution >= 0.6 is 34.9 Å². The number of hydrogen-bond acceptors (Lipinski definition) is 8. The van der Waals surface area contributed by atoms with E-state index in [0.29, 0.717) is 17.3 Å². The van der Waals surface area contributed by atoms with Crippen LogP contribution in [0.5, 0.6) is 0 Å². The summed E-state index contributed by atoms with van der Waals surface area (Å²) in [4.78, 5) is 28.0. The molecule has 0 radical (unpaired) electrons. The summed E-state index contributed by atoms with van der Waals surface area (Å²) in [5.41, 5.74) is 5.55. The molecular formula is C11H10N3NaO3S3. The Kier molecular flexibility index (Phi) is 5.66. The second kappa shape index (κ2) is 6.93. The average Bonchev–Trinajstić information content (AvgIpc) is 2.80. The third kappa shape index (κ3) is 3.59. The zero-order valence-electron chi connectivity index (χ0n) is 11.1. The first kappa shape index (κ1) is 17.2. The van der Waals surface area contributed by atoms with E-state index in [1.807, 2.05) is 5.38 Å². The van der Waals surface area contributed by atoms with Crippen LogP contribution in [0.3, 0.4) is 0 Å².